The summed E-state index contributed by atoms with van der Waals surface area (Å²) < 4.78 is 47.4. The first-order valence-electron chi connectivity index (χ1n) is 11.1. The molecule has 0 saturated carbocycles. The lowest BCUT2D eigenvalue weighted by atomic mass is 9.98. The maximum atomic E-state index is 13.8. The molecule has 1 aliphatic rings. The largest absolute Gasteiger partial charge is 0.339 e. The molecule has 3 heterocycles. The second-order valence-corrected chi connectivity index (χ2v) is 12.0. The number of carbonyl (C=O) groups is 1. The summed E-state index contributed by atoms with van der Waals surface area (Å²) in [5, 5.41) is 6.69. The lowest BCUT2D eigenvalue weighted by molar-refractivity contribution is -0.120. The topological polar surface area (TPSA) is 105 Å². The summed E-state index contributed by atoms with van der Waals surface area (Å²) in [7, 11) is -3.82. The molecule has 0 spiro atoms. The second-order valence-electron chi connectivity index (χ2n) is 8.80. The highest BCUT2D eigenvalue weighted by atomic mass is 32.2. The molecule has 182 valence electrons. The molecule has 1 N–H and O–H groups in total. The first-order valence-corrected chi connectivity index (χ1v) is 13.3. The predicted octanol–water partition coefficient (Wildman–Crippen LogP) is 4.72. The Morgan fingerprint density at radius 3 is 2.74 bits per heavy atom. The molecule has 34 heavy (non-hydrogen) atoms. The van der Waals surface area contributed by atoms with Crippen molar-refractivity contribution in [3.05, 3.63) is 46.4 Å². The number of anilines is 1. The summed E-state index contributed by atoms with van der Waals surface area (Å²) in [6.07, 6.45) is 1.11. The van der Waals surface area contributed by atoms with Crippen molar-refractivity contribution in [2.24, 2.45) is 5.92 Å². The van der Waals surface area contributed by atoms with Crippen molar-refractivity contribution in [3.8, 4) is 10.7 Å². The van der Waals surface area contributed by atoms with E-state index < -0.39 is 21.8 Å². The van der Waals surface area contributed by atoms with Crippen molar-refractivity contribution in [2.45, 2.75) is 51.3 Å². The summed E-state index contributed by atoms with van der Waals surface area (Å²) >= 11 is 1.29. The number of thiophene rings is 1. The maximum absolute atomic E-state index is 13.8. The molecule has 3 aromatic rings. The molecular formula is C23H27FN4O4S2. The van der Waals surface area contributed by atoms with Crippen LogP contribution in [0.3, 0.4) is 0 Å². The minimum absolute atomic E-state index is 0.0623. The van der Waals surface area contributed by atoms with Crippen LogP contribution >= 0.6 is 11.3 Å². The minimum Gasteiger partial charge on any atom is -0.339 e. The number of piperidine rings is 1. The highest BCUT2D eigenvalue weighted by Gasteiger charge is 2.35. The fourth-order valence-corrected chi connectivity index (χ4v) is 6.84. The summed E-state index contributed by atoms with van der Waals surface area (Å²) in [6.45, 7) is 7.65. The zero-order valence-electron chi connectivity index (χ0n) is 19.5. The molecule has 1 amide bonds. The van der Waals surface area contributed by atoms with E-state index in [1.807, 2.05) is 13.8 Å². The first-order chi connectivity index (χ1) is 16.1. The molecule has 0 bridgehead atoms. The van der Waals surface area contributed by atoms with E-state index in [9.17, 15) is 17.6 Å². The van der Waals surface area contributed by atoms with Gasteiger partial charge < -0.3 is 9.84 Å². The van der Waals surface area contributed by atoms with E-state index in [0.29, 0.717) is 52.1 Å². The fraction of sp³-hybridized carbons (Fsp3) is 0.435. The second kappa shape index (κ2) is 9.55. The van der Waals surface area contributed by atoms with Crippen LogP contribution in [-0.4, -0.2) is 41.9 Å². The van der Waals surface area contributed by atoms with Gasteiger partial charge in [0.1, 0.15) is 5.82 Å². The van der Waals surface area contributed by atoms with Gasteiger partial charge in [-0.2, -0.15) is 9.29 Å². The molecule has 1 saturated heterocycles. The van der Waals surface area contributed by atoms with Gasteiger partial charge in [0, 0.05) is 29.6 Å². The van der Waals surface area contributed by atoms with E-state index in [4.69, 9.17) is 4.52 Å². The number of halogens is 1. The summed E-state index contributed by atoms with van der Waals surface area (Å²) in [6, 6.07) is 6.06. The SMILES string of the molecule is Cc1ccc(NC(=O)[C@H]2CCCN(S(=O)(=O)c3cc(-c4noc(C(C)C)n4)sc3C)C2)cc1F. The molecule has 2 aromatic heterocycles. The molecule has 1 atom stereocenters. The van der Waals surface area contributed by atoms with E-state index in [-0.39, 0.29) is 23.3 Å². The molecular weight excluding hydrogens is 479 g/mol. The predicted molar refractivity (Wildman–Crippen MR) is 128 cm³/mol. The monoisotopic (exact) mass is 506 g/mol. The Hall–Kier alpha value is -2.63. The highest BCUT2D eigenvalue weighted by molar-refractivity contribution is 7.89. The van der Waals surface area contributed by atoms with Crippen LogP contribution in [0.25, 0.3) is 10.7 Å². The molecule has 0 unspecified atom stereocenters. The Balaban J connectivity index is 1.51. The van der Waals surface area contributed by atoms with Crippen molar-refractivity contribution in [3.63, 3.8) is 0 Å². The number of rotatable bonds is 6. The highest BCUT2D eigenvalue weighted by Crippen LogP contribution is 2.35. The number of carbonyl (C=O) groups excluding carboxylic acids is 1. The Kier molecular flexibility index (Phi) is 6.88. The van der Waals surface area contributed by atoms with Crippen LogP contribution < -0.4 is 5.32 Å². The van der Waals surface area contributed by atoms with E-state index in [1.54, 1.807) is 32.0 Å². The molecule has 1 fully saturated rings. The normalized spacial score (nSPS) is 17.3. The van der Waals surface area contributed by atoms with Gasteiger partial charge in [-0.3, -0.25) is 4.79 Å². The average Bonchev–Trinajstić information content (AvgIpc) is 3.44. The average molecular weight is 507 g/mol. The molecule has 1 aliphatic heterocycles. The van der Waals surface area contributed by atoms with Crippen LogP contribution in [0.15, 0.2) is 33.7 Å². The number of nitrogens with zero attached hydrogens (tertiary/aromatic N) is 3. The van der Waals surface area contributed by atoms with E-state index in [0.717, 1.165) is 0 Å². The number of hydrogen-bond donors (Lipinski definition) is 1. The molecule has 8 nitrogen and oxygen atoms in total. The maximum Gasteiger partial charge on any atom is 0.244 e. The van der Waals surface area contributed by atoms with Gasteiger partial charge in [0.05, 0.1) is 15.7 Å². The van der Waals surface area contributed by atoms with Crippen molar-refractivity contribution in [1.29, 1.82) is 0 Å². The van der Waals surface area contributed by atoms with Crippen molar-refractivity contribution in [2.75, 3.05) is 18.4 Å². The molecule has 1 aromatic carbocycles. The number of sulfonamides is 1. The third kappa shape index (κ3) is 4.91. The number of hydrogen-bond acceptors (Lipinski definition) is 7. The quantitative estimate of drug-likeness (QED) is 0.519. The van der Waals surface area contributed by atoms with Gasteiger partial charge in [0.15, 0.2) is 0 Å². The Labute approximate surface area is 202 Å². The Bertz CT molecular complexity index is 1320. The van der Waals surface area contributed by atoms with Gasteiger partial charge >= 0.3 is 0 Å². The number of aryl methyl sites for hydroxylation is 2. The standard InChI is InChI=1S/C23H27FN4O4S2/c1-13(2)23-26-21(27-32-23)19-11-20(15(4)33-19)34(30,31)28-9-5-6-16(12-28)22(29)25-17-8-7-14(3)18(24)10-17/h7-8,10-11,13,16H,5-6,9,12H2,1-4H3,(H,25,29)/t16-/m0/s1. The molecule has 0 aliphatic carbocycles. The summed E-state index contributed by atoms with van der Waals surface area (Å²) in [5.74, 6) is -0.339. The van der Waals surface area contributed by atoms with Crippen LogP contribution in [0.1, 0.15) is 48.9 Å². The minimum atomic E-state index is -3.82. The van der Waals surface area contributed by atoms with Crippen LogP contribution in [0.4, 0.5) is 10.1 Å². The van der Waals surface area contributed by atoms with Crippen LogP contribution in [0.5, 0.6) is 0 Å². The van der Waals surface area contributed by atoms with Gasteiger partial charge in [-0.05, 0) is 50.5 Å². The summed E-state index contributed by atoms with van der Waals surface area (Å²) in [4.78, 5) is 18.6. The number of amides is 1. The fourth-order valence-electron chi connectivity index (χ4n) is 3.83. The number of aromatic nitrogens is 2. The zero-order chi connectivity index (χ0) is 24.6. The van der Waals surface area contributed by atoms with E-state index in [2.05, 4.69) is 15.5 Å². The third-order valence-corrected chi connectivity index (χ3v) is 9.01. The van der Waals surface area contributed by atoms with Crippen molar-refractivity contribution >= 4 is 33.0 Å². The van der Waals surface area contributed by atoms with Crippen LogP contribution in [0.2, 0.25) is 0 Å². The first kappa shape index (κ1) is 24.5. The zero-order valence-corrected chi connectivity index (χ0v) is 21.1. The lowest BCUT2D eigenvalue weighted by Crippen LogP contribution is -2.43. The van der Waals surface area contributed by atoms with Gasteiger partial charge in [0.2, 0.25) is 27.6 Å². The molecule has 4 rings (SSSR count). The van der Waals surface area contributed by atoms with Crippen molar-refractivity contribution < 1.29 is 22.1 Å². The van der Waals surface area contributed by atoms with Crippen molar-refractivity contribution in [1.82, 2.24) is 14.4 Å². The Morgan fingerprint density at radius 1 is 1.29 bits per heavy atom. The van der Waals surface area contributed by atoms with Gasteiger partial charge in [-0.15, -0.1) is 11.3 Å². The smallest absolute Gasteiger partial charge is 0.244 e. The van der Waals surface area contributed by atoms with Gasteiger partial charge in [-0.1, -0.05) is 25.1 Å². The Morgan fingerprint density at radius 2 is 2.06 bits per heavy atom. The van der Waals surface area contributed by atoms with Crippen LogP contribution in [0, 0.1) is 25.6 Å². The summed E-state index contributed by atoms with van der Waals surface area (Å²) in [5.41, 5.74) is 0.840. The molecule has 0 radical (unpaired) electrons. The lowest BCUT2D eigenvalue weighted by Gasteiger charge is -2.31. The number of benzene rings is 1. The van der Waals surface area contributed by atoms with E-state index in [1.165, 1.54) is 21.7 Å². The number of nitrogens with one attached hydrogen (secondary N) is 1. The van der Waals surface area contributed by atoms with Gasteiger partial charge in [-0.25, -0.2) is 12.8 Å². The van der Waals surface area contributed by atoms with Gasteiger partial charge in [0.25, 0.3) is 0 Å². The van der Waals surface area contributed by atoms with Crippen LogP contribution in [-0.2, 0) is 14.8 Å². The third-order valence-electron chi connectivity index (χ3n) is 5.84. The molecule has 11 heteroatoms. The van der Waals surface area contributed by atoms with E-state index >= 15 is 0 Å².